The summed E-state index contributed by atoms with van der Waals surface area (Å²) in [5.41, 5.74) is 1.92. The Hall–Kier alpha value is -2.86. The Morgan fingerprint density at radius 1 is 0.926 bits per heavy atom. The molecule has 0 bridgehead atoms. The van der Waals surface area contributed by atoms with Gasteiger partial charge in [0.05, 0.1) is 45.2 Å². The lowest BCUT2D eigenvalue weighted by Crippen LogP contribution is -2.48. The van der Waals surface area contributed by atoms with Crippen molar-refractivity contribution < 1.29 is 23.7 Å². The summed E-state index contributed by atoms with van der Waals surface area (Å²) in [7, 11) is 6.13. The Morgan fingerprint density at radius 2 is 1.52 bits per heavy atom. The minimum absolute atomic E-state index is 0.179. The van der Waals surface area contributed by atoms with Crippen LogP contribution in [0.4, 0.5) is 5.69 Å². The van der Waals surface area contributed by atoms with E-state index in [4.69, 9.17) is 30.5 Å². The maximum Gasteiger partial charge on any atom is 0.256 e. The lowest BCUT2D eigenvalue weighted by atomic mass is 9.88. The molecule has 0 saturated carbocycles. The van der Waals surface area contributed by atoms with Crippen LogP contribution in [0.3, 0.4) is 0 Å². The molecule has 2 aromatic carbocycles. The zero-order valence-corrected chi connectivity index (χ0v) is 16.3. The molecule has 0 aliphatic carbocycles. The molecule has 1 amide bonds. The zero-order valence-electron chi connectivity index (χ0n) is 15.5. The number of benzene rings is 2. The summed E-state index contributed by atoms with van der Waals surface area (Å²) in [5, 5.41) is 0.465. The van der Waals surface area contributed by atoms with E-state index in [0.29, 0.717) is 39.3 Å². The summed E-state index contributed by atoms with van der Waals surface area (Å²) in [6, 6.07) is 8.50. The number of β-lactam (4-membered cyclic amide) rings is 1. The topological polar surface area (TPSA) is 57.2 Å². The molecule has 7 heteroatoms. The van der Waals surface area contributed by atoms with E-state index in [1.54, 1.807) is 36.3 Å². The van der Waals surface area contributed by atoms with Crippen LogP contribution in [0.25, 0.3) is 0 Å². The van der Waals surface area contributed by atoms with Crippen molar-refractivity contribution in [3.63, 3.8) is 0 Å². The first-order valence-electron chi connectivity index (χ1n) is 8.12. The van der Waals surface area contributed by atoms with E-state index in [2.05, 4.69) is 6.58 Å². The number of hydrogen-bond donors (Lipinski definition) is 0. The van der Waals surface area contributed by atoms with Crippen molar-refractivity contribution in [2.75, 3.05) is 33.3 Å². The van der Waals surface area contributed by atoms with E-state index in [1.807, 2.05) is 6.07 Å². The second-order valence-corrected chi connectivity index (χ2v) is 6.29. The molecule has 1 heterocycles. The predicted octanol–water partition coefficient (Wildman–Crippen LogP) is 4.02. The van der Waals surface area contributed by atoms with Crippen LogP contribution in [0.2, 0.25) is 5.02 Å². The monoisotopic (exact) mass is 389 g/mol. The van der Waals surface area contributed by atoms with Crippen LogP contribution in [0.15, 0.2) is 42.5 Å². The molecule has 142 valence electrons. The summed E-state index contributed by atoms with van der Waals surface area (Å²) in [6.45, 7) is 3.91. The van der Waals surface area contributed by atoms with Crippen molar-refractivity contribution in [3.05, 3.63) is 53.1 Å². The Balaban J connectivity index is 2.06. The average Bonchev–Trinajstić information content (AvgIpc) is 2.69. The van der Waals surface area contributed by atoms with Gasteiger partial charge in [0.2, 0.25) is 5.75 Å². The third kappa shape index (κ3) is 3.06. The van der Waals surface area contributed by atoms with Gasteiger partial charge < -0.3 is 18.9 Å². The molecule has 1 saturated heterocycles. The van der Waals surface area contributed by atoms with Gasteiger partial charge in [-0.15, -0.1) is 0 Å². The van der Waals surface area contributed by atoms with Gasteiger partial charge in [0.1, 0.15) is 5.75 Å². The number of ether oxygens (including phenoxy) is 4. The molecule has 3 rings (SSSR count). The van der Waals surface area contributed by atoms with Crippen LogP contribution in [0.5, 0.6) is 23.0 Å². The maximum absolute atomic E-state index is 12.6. The molecule has 0 N–H and O–H groups in total. The number of methoxy groups -OCH3 is 4. The standard InChI is InChI=1S/C20H20ClNO5/c1-11-18(12-6-7-15(24-2)14(21)8-12)22(20(11)23)13-9-16(25-3)19(27-5)17(10-13)26-4/h6-10,18H,1H2,2-5H3. The third-order valence-corrected chi connectivity index (χ3v) is 4.80. The Kier molecular flexibility index (Phi) is 5.19. The number of nitrogens with zero attached hydrogens (tertiary/aromatic N) is 1. The fraction of sp³-hybridized carbons (Fsp3) is 0.250. The first kappa shape index (κ1) is 18.9. The molecule has 1 fully saturated rings. The van der Waals surface area contributed by atoms with Gasteiger partial charge in [-0.05, 0) is 17.7 Å². The third-order valence-electron chi connectivity index (χ3n) is 4.50. The second-order valence-electron chi connectivity index (χ2n) is 5.88. The van der Waals surface area contributed by atoms with Crippen molar-refractivity contribution in [1.82, 2.24) is 0 Å². The summed E-state index contributed by atoms with van der Waals surface area (Å²) < 4.78 is 21.3. The smallest absolute Gasteiger partial charge is 0.256 e. The summed E-state index contributed by atoms with van der Waals surface area (Å²) in [6.07, 6.45) is 0. The van der Waals surface area contributed by atoms with E-state index in [9.17, 15) is 4.79 Å². The van der Waals surface area contributed by atoms with E-state index in [-0.39, 0.29) is 11.9 Å². The molecule has 0 aromatic heterocycles. The Labute approximate surface area is 162 Å². The predicted molar refractivity (Wildman–Crippen MR) is 103 cm³/mol. The first-order valence-corrected chi connectivity index (χ1v) is 8.50. The highest BCUT2D eigenvalue weighted by molar-refractivity contribution is 6.32. The van der Waals surface area contributed by atoms with E-state index < -0.39 is 0 Å². The number of amides is 1. The SMILES string of the molecule is C=C1C(=O)N(c2cc(OC)c(OC)c(OC)c2)C1c1ccc(OC)c(Cl)c1. The lowest BCUT2D eigenvalue weighted by molar-refractivity contribution is -0.118. The molecule has 6 nitrogen and oxygen atoms in total. The lowest BCUT2D eigenvalue weighted by Gasteiger charge is -2.42. The largest absolute Gasteiger partial charge is 0.495 e. The molecule has 27 heavy (non-hydrogen) atoms. The van der Waals surface area contributed by atoms with Crippen LogP contribution >= 0.6 is 11.6 Å². The first-order chi connectivity index (χ1) is 13.0. The van der Waals surface area contributed by atoms with Crippen molar-refractivity contribution in [2.24, 2.45) is 0 Å². The summed E-state index contributed by atoms with van der Waals surface area (Å²) in [5.74, 6) is 1.77. The molecule has 0 spiro atoms. The number of carbonyl (C=O) groups excluding carboxylic acids is 1. The molecule has 2 aromatic rings. The van der Waals surface area contributed by atoms with E-state index >= 15 is 0 Å². The van der Waals surface area contributed by atoms with Gasteiger partial charge >= 0.3 is 0 Å². The van der Waals surface area contributed by atoms with Gasteiger partial charge in [0, 0.05) is 17.7 Å². The van der Waals surface area contributed by atoms with Crippen molar-refractivity contribution in [1.29, 1.82) is 0 Å². The highest BCUT2D eigenvalue weighted by Crippen LogP contribution is 2.48. The second kappa shape index (κ2) is 7.40. The molecule has 1 aliphatic heterocycles. The number of rotatable bonds is 6. The minimum Gasteiger partial charge on any atom is -0.495 e. The van der Waals surface area contributed by atoms with E-state index in [1.165, 1.54) is 21.3 Å². The van der Waals surface area contributed by atoms with Gasteiger partial charge in [0.15, 0.2) is 11.5 Å². The van der Waals surface area contributed by atoms with Crippen LogP contribution in [0, 0.1) is 0 Å². The molecule has 0 radical (unpaired) electrons. The van der Waals surface area contributed by atoms with Crippen molar-refractivity contribution in [3.8, 4) is 23.0 Å². The fourth-order valence-corrected chi connectivity index (χ4v) is 3.42. The summed E-state index contributed by atoms with van der Waals surface area (Å²) >= 11 is 6.25. The number of hydrogen-bond acceptors (Lipinski definition) is 5. The maximum atomic E-state index is 12.6. The van der Waals surface area contributed by atoms with Crippen LogP contribution in [-0.2, 0) is 4.79 Å². The van der Waals surface area contributed by atoms with Crippen molar-refractivity contribution in [2.45, 2.75) is 6.04 Å². The van der Waals surface area contributed by atoms with Crippen LogP contribution in [-0.4, -0.2) is 34.3 Å². The van der Waals surface area contributed by atoms with Gasteiger partial charge in [0.25, 0.3) is 5.91 Å². The normalized spacial score (nSPS) is 16.0. The molecule has 1 unspecified atom stereocenters. The Morgan fingerprint density at radius 3 is 2.00 bits per heavy atom. The quantitative estimate of drug-likeness (QED) is 0.551. The Bertz CT molecular complexity index is 886. The highest BCUT2D eigenvalue weighted by atomic mass is 35.5. The summed E-state index contributed by atoms with van der Waals surface area (Å²) in [4.78, 5) is 14.2. The van der Waals surface area contributed by atoms with Crippen LogP contribution in [0.1, 0.15) is 11.6 Å². The minimum atomic E-state index is -0.344. The molecule has 1 atom stereocenters. The number of carbonyl (C=O) groups is 1. The molecule has 1 aliphatic rings. The van der Waals surface area contributed by atoms with E-state index in [0.717, 1.165) is 5.56 Å². The van der Waals surface area contributed by atoms with Gasteiger partial charge in [-0.1, -0.05) is 24.2 Å². The van der Waals surface area contributed by atoms with Gasteiger partial charge in [-0.25, -0.2) is 0 Å². The van der Waals surface area contributed by atoms with Gasteiger partial charge in [-0.2, -0.15) is 0 Å². The average molecular weight is 390 g/mol. The number of halogens is 1. The van der Waals surface area contributed by atoms with Gasteiger partial charge in [-0.3, -0.25) is 9.69 Å². The molecular formula is C20H20ClNO5. The van der Waals surface area contributed by atoms with Crippen LogP contribution < -0.4 is 23.8 Å². The fourth-order valence-electron chi connectivity index (χ4n) is 3.15. The highest BCUT2D eigenvalue weighted by Gasteiger charge is 2.43. The number of anilines is 1. The molecular weight excluding hydrogens is 370 g/mol. The zero-order chi connectivity index (χ0) is 19.7. The van der Waals surface area contributed by atoms with Crippen molar-refractivity contribution >= 4 is 23.2 Å².